The molecule has 0 bridgehead atoms. The van der Waals surface area contributed by atoms with Gasteiger partial charge in [-0.1, -0.05) is 18.2 Å². The van der Waals surface area contributed by atoms with E-state index in [0.29, 0.717) is 24.1 Å². The van der Waals surface area contributed by atoms with Crippen molar-refractivity contribution in [2.24, 2.45) is 5.41 Å². The van der Waals surface area contributed by atoms with Gasteiger partial charge in [0, 0.05) is 37.6 Å². The first-order valence-corrected chi connectivity index (χ1v) is 8.53. The summed E-state index contributed by atoms with van der Waals surface area (Å²) in [4.78, 5) is 27.0. The van der Waals surface area contributed by atoms with Crippen LogP contribution in [0.15, 0.2) is 48.5 Å². The molecule has 3 rings (SSSR count). The van der Waals surface area contributed by atoms with Crippen molar-refractivity contribution in [2.75, 3.05) is 24.3 Å². The number of carbonyl (C=O) groups excluding carboxylic acids is 2. The van der Waals surface area contributed by atoms with Crippen LogP contribution in [0.2, 0.25) is 0 Å². The highest BCUT2D eigenvalue weighted by atomic mass is 19.1. The van der Waals surface area contributed by atoms with Gasteiger partial charge in [0.2, 0.25) is 11.8 Å². The number of hydrogen-bond donors (Lipinski definition) is 2. The average Bonchev–Trinajstić information content (AvgIpc) is 3.43. The third kappa shape index (κ3) is 3.69. The van der Waals surface area contributed by atoms with Crippen molar-refractivity contribution in [3.63, 3.8) is 0 Å². The van der Waals surface area contributed by atoms with Crippen molar-refractivity contribution in [1.82, 2.24) is 5.32 Å². The zero-order valence-corrected chi connectivity index (χ0v) is 14.9. The molecule has 0 radical (unpaired) electrons. The predicted octanol–water partition coefficient (Wildman–Crippen LogP) is 2.93. The largest absolute Gasteiger partial charge is 0.378 e. The first kappa shape index (κ1) is 17.9. The summed E-state index contributed by atoms with van der Waals surface area (Å²) in [6, 6.07) is 13.7. The van der Waals surface area contributed by atoms with E-state index < -0.39 is 5.41 Å². The van der Waals surface area contributed by atoms with Gasteiger partial charge < -0.3 is 15.5 Å². The molecule has 2 amide bonds. The fraction of sp³-hybridized carbons (Fsp3) is 0.300. The van der Waals surface area contributed by atoms with Gasteiger partial charge in [0.25, 0.3) is 0 Å². The van der Waals surface area contributed by atoms with E-state index >= 15 is 0 Å². The van der Waals surface area contributed by atoms with E-state index in [1.54, 1.807) is 30.3 Å². The normalized spacial score (nSPS) is 14.4. The molecule has 2 aromatic carbocycles. The van der Waals surface area contributed by atoms with Crippen molar-refractivity contribution in [2.45, 2.75) is 19.4 Å². The van der Waals surface area contributed by atoms with Gasteiger partial charge in [-0.3, -0.25) is 9.59 Å². The number of nitrogens with one attached hydrogen (secondary N) is 2. The third-order valence-electron chi connectivity index (χ3n) is 4.66. The lowest BCUT2D eigenvalue weighted by atomic mass is 10.0. The monoisotopic (exact) mass is 355 g/mol. The lowest BCUT2D eigenvalue weighted by Gasteiger charge is -2.17. The Morgan fingerprint density at radius 1 is 1.04 bits per heavy atom. The second kappa shape index (κ2) is 7.15. The van der Waals surface area contributed by atoms with Crippen LogP contribution in [0.3, 0.4) is 0 Å². The summed E-state index contributed by atoms with van der Waals surface area (Å²) in [5, 5.41) is 5.50. The topological polar surface area (TPSA) is 61.4 Å². The minimum absolute atomic E-state index is 0.0675. The van der Waals surface area contributed by atoms with E-state index in [4.69, 9.17) is 0 Å². The number of carbonyl (C=O) groups is 2. The molecule has 0 aromatic heterocycles. The van der Waals surface area contributed by atoms with Crippen LogP contribution in [0.25, 0.3) is 0 Å². The second-order valence-corrected chi connectivity index (χ2v) is 6.75. The SMILES string of the molecule is CN(C)c1ccc(NC(=O)C2(C(=O)NCc3ccccc3F)CC2)cc1. The molecule has 6 heteroatoms. The quantitative estimate of drug-likeness (QED) is 0.783. The molecule has 0 aliphatic heterocycles. The maximum Gasteiger partial charge on any atom is 0.240 e. The van der Waals surface area contributed by atoms with Gasteiger partial charge in [-0.15, -0.1) is 0 Å². The molecule has 0 atom stereocenters. The maximum atomic E-state index is 13.7. The summed E-state index contributed by atoms with van der Waals surface area (Å²) in [7, 11) is 3.87. The van der Waals surface area contributed by atoms with E-state index in [-0.39, 0.29) is 24.2 Å². The molecule has 26 heavy (non-hydrogen) atoms. The molecule has 0 unspecified atom stereocenters. The standard InChI is InChI=1S/C20H22FN3O2/c1-24(2)16-9-7-15(8-10-16)23-19(26)20(11-12-20)18(25)22-13-14-5-3-4-6-17(14)21/h3-10H,11-13H2,1-2H3,(H,22,25)(H,23,26). The van der Waals surface area contributed by atoms with Crippen molar-refractivity contribution in [3.8, 4) is 0 Å². The van der Waals surface area contributed by atoms with Crippen LogP contribution in [0.1, 0.15) is 18.4 Å². The summed E-state index contributed by atoms with van der Waals surface area (Å²) in [5.41, 5.74) is 1.02. The van der Waals surface area contributed by atoms with E-state index in [1.165, 1.54) is 6.07 Å². The Kier molecular flexibility index (Phi) is 4.93. The fourth-order valence-corrected chi connectivity index (χ4v) is 2.76. The van der Waals surface area contributed by atoms with E-state index in [9.17, 15) is 14.0 Å². The molecular weight excluding hydrogens is 333 g/mol. The van der Waals surface area contributed by atoms with E-state index in [0.717, 1.165) is 5.69 Å². The molecule has 2 aromatic rings. The summed E-state index contributed by atoms with van der Waals surface area (Å²) in [5.74, 6) is -1.05. The number of anilines is 2. The number of nitrogens with zero attached hydrogens (tertiary/aromatic N) is 1. The molecule has 1 aliphatic rings. The smallest absolute Gasteiger partial charge is 0.240 e. The molecule has 0 spiro atoms. The van der Waals surface area contributed by atoms with Gasteiger partial charge in [0.05, 0.1) is 0 Å². The third-order valence-corrected chi connectivity index (χ3v) is 4.66. The minimum atomic E-state index is -1.05. The van der Waals surface area contributed by atoms with Crippen LogP contribution >= 0.6 is 0 Å². The first-order valence-electron chi connectivity index (χ1n) is 8.53. The molecule has 136 valence electrons. The van der Waals surface area contributed by atoms with Crippen LogP contribution in [0.5, 0.6) is 0 Å². The Labute approximate surface area is 152 Å². The molecule has 5 nitrogen and oxygen atoms in total. The van der Waals surface area contributed by atoms with Crippen molar-refractivity contribution >= 4 is 23.2 Å². The molecule has 0 heterocycles. The van der Waals surface area contributed by atoms with Gasteiger partial charge in [-0.05, 0) is 43.2 Å². The second-order valence-electron chi connectivity index (χ2n) is 6.75. The molecule has 1 saturated carbocycles. The van der Waals surface area contributed by atoms with Gasteiger partial charge in [0.1, 0.15) is 11.2 Å². The lowest BCUT2D eigenvalue weighted by Crippen LogP contribution is -2.39. The van der Waals surface area contributed by atoms with Crippen LogP contribution in [-0.4, -0.2) is 25.9 Å². The summed E-state index contributed by atoms with van der Waals surface area (Å²) >= 11 is 0. The van der Waals surface area contributed by atoms with Gasteiger partial charge >= 0.3 is 0 Å². The van der Waals surface area contributed by atoms with Crippen molar-refractivity contribution in [3.05, 3.63) is 59.9 Å². The highest BCUT2D eigenvalue weighted by Crippen LogP contribution is 2.47. The summed E-state index contributed by atoms with van der Waals surface area (Å²) in [6.45, 7) is 0.0675. The number of amides is 2. The summed E-state index contributed by atoms with van der Waals surface area (Å²) < 4.78 is 13.7. The molecular formula is C20H22FN3O2. The maximum absolute atomic E-state index is 13.7. The Hall–Kier alpha value is -2.89. The van der Waals surface area contributed by atoms with E-state index in [2.05, 4.69) is 10.6 Å². The molecule has 1 aliphatic carbocycles. The first-order chi connectivity index (χ1) is 12.4. The Morgan fingerprint density at radius 2 is 1.69 bits per heavy atom. The summed E-state index contributed by atoms with van der Waals surface area (Å²) in [6.07, 6.45) is 0.995. The number of hydrogen-bond acceptors (Lipinski definition) is 3. The number of rotatable bonds is 6. The van der Waals surface area contributed by atoms with Gasteiger partial charge in [-0.25, -0.2) is 4.39 Å². The lowest BCUT2D eigenvalue weighted by molar-refractivity contribution is -0.134. The molecule has 0 saturated heterocycles. The average molecular weight is 355 g/mol. The van der Waals surface area contributed by atoms with Crippen molar-refractivity contribution < 1.29 is 14.0 Å². The minimum Gasteiger partial charge on any atom is -0.378 e. The van der Waals surface area contributed by atoms with Gasteiger partial charge in [-0.2, -0.15) is 0 Å². The zero-order chi connectivity index (χ0) is 18.7. The Morgan fingerprint density at radius 3 is 2.27 bits per heavy atom. The van der Waals surface area contributed by atoms with Crippen molar-refractivity contribution in [1.29, 1.82) is 0 Å². The Balaban J connectivity index is 1.61. The van der Waals surface area contributed by atoms with Crippen LogP contribution in [0, 0.1) is 11.2 Å². The highest BCUT2D eigenvalue weighted by Gasteiger charge is 2.56. The molecule has 1 fully saturated rings. The van der Waals surface area contributed by atoms with Crippen LogP contribution in [0.4, 0.5) is 15.8 Å². The highest BCUT2D eigenvalue weighted by molar-refractivity contribution is 6.13. The van der Waals surface area contributed by atoms with E-state index in [1.807, 2.05) is 31.1 Å². The number of halogens is 1. The Bertz CT molecular complexity index is 814. The van der Waals surface area contributed by atoms with Gasteiger partial charge in [0.15, 0.2) is 0 Å². The number of benzene rings is 2. The molecule has 2 N–H and O–H groups in total. The van der Waals surface area contributed by atoms with Crippen LogP contribution < -0.4 is 15.5 Å². The van der Waals surface area contributed by atoms with Crippen LogP contribution in [-0.2, 0) is 16.1 Å². The fourth-order valence-electron chi connectivity index (χ4n) is 2.76. The zero-order valence-electron chi connectivity index (χ0n) is 14.9. The predicted molar refractivity (Wildman–Crippen MR) is 99.3 cm³/mol.